The molecule has 0 radical (unpaired) electrons. The van der Waals surface area contributed by atoms with E-state index in [2.05, 4.69) is 57.1 Å². The zero-order chi connectivity index (χ0) is 14.7. The number of pyridine rings is 1. The quantitative estimate of drug-likeness (QED) is 0.825. The van der Waals surface area contributed by atoms with E-state index in [1.54, 1.807) is 0 Å². The highest BCUT2D eigenvalue weighted by Gasteiger charge is 2.20. The molecule has 0 spiro atoms. The van der Waals surface area contributed by atoms with E-state index in [1.165, 1.54) is 24.8 Å². The lowest BCUT2D eigenvalue weighted by molar-refractivity contribution is 0.502. The first-order chi connectivity index (χ1) is 9.45. The van der Waals surface area contributed by atoms with Crippen molar-refractivity contribution in [1.82, 2.24) is 10.3 Å². The lowest BCUT2D eigenvalue weighted by Crippen LogP contribution is -2.31. The third-order valence-electron chi connectivity index (χ3n) is 4.01. The first kappa shape index (κ1) is 15.3. The molecule has 0 amide bonds. The van der Waals surface area contributed by atoms with Gasteiger partial charge in [0.1, 0.15) is 5.82 Å². The van der Waals surface area contributed by atoms with Crippen molar-refractivity contribution < 1.29 is 0 Å². The van der Waals surface area contributed by atoms with Gasteiger partial charge in [0.15, 0.2) is 0 Å². The van der Waals surface area contributed by atoms with Gasteiger partial charge in [-0.15, -0.1) is 0 Å². The molecule has 1 unspecified atom stereocenters. The summed E-state index contributed by atoms with van der Waals surface area (Å²) >= 11 is 0. The summed E-state index contributed by atoms with van der Waals surface area (Å²) in [7, 11) is 2.16. The Balaban J connectivity index is 2.04. The number of hydrogen-bond donors (Lipinski definition) is 1. The predicted octanol–water partition coefficient (Wildman–Crippen LogP) is 3.51. The highest BCUT2D eigenvalue weighted by atomic mass is 15.2. The predicted molar refractivity (Wildman–Crippen MR) is 86.2 cm³/mol. The van der Waals surface area contributed by atoms with Gasteiger partial charge in [0.25, 0.3) is 0 Å². The van der Waals surface area contributed by atoms with Crippen molar-refractivity contribution in [3.63, 3.8) is 0 Å². The molecule has 1 fully saturated rings. The molecule has 1 aliphatic carbocycles. The Morgan fingerprint density at radius 2 is 2.00 bits per heavy atom. The Hall–Kier alpha value is -1.09. The molecule has 0 saturated heterocycles. The molecule has 1 aromatic heterocycles. The molecule has 3 heteroatoms. The van der Waals surface area contributed by atoms with Gasteiger partial charge >= 0.3 is 0 Å². The molecular formula is C17H29N3. The van der Waals surface area contributed by atoms with Gasteiger partial charge in [0.2, 0.25) is 0 Å². The van der Waals surface area contributed by atoms with Crippen LogP contribution < -0.4 is 10.2 Å². The third-order valence-corrected chi connectivity index (χ3v) is 4.01. The summed E-state index contributed by atoms with van der Waals surface area (Å²) in [6, 6.07) is 5.71. The van der Waals surface area contributed by atoms with Gasteiger partial charge in [-0.2, -0.15) is 0 Å². The number of anilines is 1. The fourth-order valence-electron chi connectivity index (χ4n) is 2.62. The topological polar surface area (TPSA) is 28.2 Å². The second-order valence-corrected chi connectivity index (χ2v) is 6.72. The standard InChI is InChI=1S/C17H29N3/c1-12(2)8-14(4)20(5)17-10-15(9-13(3)19-17)11-18-16-6-7-16/h9-10,12,14,16,18H,6-8,11H2,1-5H3. The van der Waals surface area contributed by atoms with Gasteiger partial charge < -0.3 is 10.2 Å². The number of aryl methyl sites for hydroxylation is 1. The van der Waals surface area contributed by atoms with Crippen molar-refractivity contribution in [2.75, 3.05) is 11.9 Å². The Bertz CT molecular complexity index is 438. The van der Waals surface area contributed by atoms with Crippen LogP contribution in [0, 0.1) is 12.8 Å². The van der Waals surface area contributed by atoms with E-state index in [0.29, 0.717) is 12.0 Å². The Morgan fingerprint density at radius 3 is 2.60 bits per heavy atom. The summed E-state index contributed by atoms with van der Waals surface area (Å²) in [5.41, 5.74) is 2.46. The van der Waals surface area contributed by atoms with Gasteiger partial charge in [-0.3, -0.25) is 0 Å². The van der Waals surface area contributed by atoms with Gasteiger partial charge in [-0.1, -0.05) is 13.8 Å². The molecule has 20 heavy (non-hydrogen) atoms. The molecule has 1 N–H and O–H groups in total. The van der Waals surface area contributed by atoms with Gasteiger partial charge in [0.05, 0.1) is 0 Å². The minimum absolute atomic E-state index is 0.522. The largest absolute Gasteiger partial charge is 0.357 e. The zero-order valence-corrected chi connectivity index (χ0v) is 13.6. The van der Waals surface area contributed by atoms with Crippen LogP contribution in [0.2, 0.25) is 0 Å². The number of aromatic nitrogens is 1. The summed E-state index contributed by atoms with van der Waals surface area (Å²) in [6.07, 6.45) is 3.87. The lowest BCUT2D eigenvalue weighted by atomic mass is 10.0. The van der Waals surface area contributed by atoms with Crippen LogP contribution in [0.1, 0.15) is 51.3 Å². The maximum Gasteiger partial charge on any atom is 0.129 e. The van der Waals surface area contributed by atoms with Gasteiger partial charge in [-0.05, 0) is 56.7 Å². The van der Waals surface area contributed by atoms with E-state index in [0.717, 1.165) is 24.1 Å². The maximum absolute atomic E-state index is 4.70. The van der Waals surface area contributed by atoms with Gasteiger partial charge in [-0.25, -0.2) is 4.98 Å². The summed E-state index contributed by atoms with van der Waals surface area (Å²) in [6.45, 7) is 9.89. The van der Waals surface area contributed by atoms with E-state index < -0.39 is 0 Å². The van der Waals surface area contributed by atoms with Crippen LogP contribution >= 0.6 is 0 Å². The number of rotatable bonds is 7. The van der Waals surface area contributed by atoms with Crippen LogP contribution in [-0.2, 0) is 6.54 Å². The molecule has 0 aromatic carbocycles. The first-order valence-electron chi connectivity index (χ1n) is 7.89. The average Bonchev–Trinajstić information content (AvgIpc) is 3.18. The molecule has 112 valence electrons. The smallest absolute Gasteiger partial charge is 0.129 e. The molecule has 1 atom stereocenters. The minimum Gasteiger partial charge on any atom is -0.357 e. The number of hydrogen-bond acceptors (Lipinski definition) is 3. The van der Waals surface area contributed by atoms with Gasteiger partial charge in [0, 0.05) is 31.4 Å². The van der Waals surface area contributed by atoms with Crippen LogP contribution in [0.5, 0.6) is 0 Å². The first-order valence-corrected chi connectivity index (χ1v) is 7.89. The zero-order valence-electron chi connectivity index (χ0n) is 13.6. The van der Waals surface area contributed by atoms with E-state index in [9.17, 15) is 0 Å². The van der Waals surface area contributed by atoms with Crippen molar-refractivity contribution in [1.29, 1.82) is 0 Å². The molecule has 0 aliphatic heterocycles. The SMILES string of the molecule is Cc1cc(CNC2CC2)cc(N(C)C(C)CC(C)C)n1. The van der Waals surface area contributed by atoms with Crippen LogP contribution in [-0.4, -0.2) is 24.1 Å². The molecule has 2 rings (SSSR count). The van der Waals surface area contributed by atoms with Crippen molar-refractivity contribution in [2.45, 2.75) is 65.6 Å². The summed E-state index contributed by atoms with van der Waals surface area (Å²) in [4.78, 5) is 7.02. The van der Waals surface area contributed by atoms with Crippen LogP contribution in [0.4, 0.5) is 5.82 Å². The average molecular weight is 275 g/mol. The number of nitrogens with one attached hydrogen (secondary N) is 1. The second kappa shape index (κ2) is 6.57. The molecular weight excluding hydrogens is 246 g/mol. The van der Waals surface area contributed by atoms with E-state index >= 15 is 0 Å². The molecule has 0 bridgehead atoms. The monoisotopic (exact) mass is 275 g/mol. The Kier molecular flexibility index (Phi) is 5.03. The van der Waals surface area contributed by atoms with E-state index in [4.69, 9.17) is 4.98 Å². The summed E-state index contributed by atoms with van der Waals surface area (Å²) in [5.74, 6) is 1.82. The van der Waals surface area contributed by atoms with Crippen LogP contribution in [0.3, 0.4) is 0 Å². The highest BCUT2D eigenvalue weighted by molar-refractivity contribution is 5.42. The highest BCUT2D eigenvalue weighted by Crippen LogP contribution is 2.22. The second-order valence-electron chi connectivity index (χ2n) is 6.72. The van der Waals surface area contributed by atoms with Crippen molar-refractivity contribution >= 4 is 5.82 Å². The molecule has 1 heterocycles. The number of nitrogens with zero attached hydrogens (tertiary/aromatic N) is 2. The molecule has 1 saturated carbocycles. The van der Waals surface area contributed by atoms with E-state index in [1.807, 2.05) is 0 Å². The van der Waals surface area contributed by atoms with E-state index in [-0.39, 0.29) is 0 Å². The van der Waals surface area contributed by atoms with Crippen LogP contribution in [0.25, 0.3) is 0 Å². The molecule has 3 nitrogen and oxygen atoms in total. The maximum atomic E-state index is 4.70. The van der Waals surface area contributed by atoms with Crippen molar-refractivity contribution in [3.05, 3.63) is 23.4 Å². The van der Waals surface area contributed by atoms with Crippen molar-refractivity contribution in [2.24, 2.45) is 5.92 Å². The normalized spacial score (nSPS) is 16.5. The van der Waals surface area contributed by atoms with Crippen molar-refractivity contribution in [3.8, 4) is 0 Å². The molecule has 1 aliphatic rings. The summed E-state index contributed by atoms with van der Waals surface area (Å²) in [5, 5.41) is 3.58. The Labute approximate surface area is 123 Å². The Morgan fingerprint density at radius 1 is 1.30 bits per heavy atom. The third kappa shape index (κ3) is 4.48. The fraction of sp³-hybridized carbons (Fsp3) is 0.706. The minimum atomic E-state index is 0.522. The fourth-order valence-corrected chi connectivity index (χ4v) is 2.62. The van der Waals surface area contributed by atoms with Crippen LogP contribution in [0.15, 0.2) is 12.1 Å². The summed E-state index contributed by atoms with van der Waals surface area (Å²) < 4.78 is 0. The lowest BCUT2D eigenvalue weighted by Gasteiger charge is -2.28. The molecule has 1 aromatic rings.